The summed E-state index contributed by atoms with van der Waals surface area (Å²) in [6, 6.07) is 0. The third-order valence-electron chi connectivity index (χ3n) is 0.945. The van der Waals surface area contributed by atoms with Crippen molar-refractivity contribution in [3.63, 3.8) is 0 Å². The Balaban J connectivity index is 3.46. The second-order valence-electron chi connectivity index (χ2n) is 1.38. The average molecular weight is 116 g/mol. The molecule has 0 amide bonds. The van der Waals surface area contributed by atoms with Crippen LogP contribution in [0.15, 0.2) is 12.5 Å². The lowest BCUT2D eigenvalue weighted by Crippen LogP contribution is -2.29. The number of ether oxygens (including phenoxy) is 1. The van der Waals surface area contributed by atoms with Crippen molar-refractivity contribution < 1.29 is 4.74 Å². The summed E-state index contributed by atoms with van der Waals surface area (Å²) < 4.78 is 4.77. The Kier molecular flexibility index (Phi) is 3.03. The van der Waals surface area contributed by atoms with Crippen LogP contribution in [-0.4, -0.2) is 26.2 Å². The number of hydrogen-bond acceptors (Lipinski definition) is 3. The lowest BCUT2D eigenvalue weighted by atomic mass is 10.8. The summed E-state index contributed by atoms with van der Waals surface area (Å²) >= 11 is 0. The third-order valence-corrected chi connectivity index (χ3v) is 0.945. The summed E-state index contributed by atoms with van der Waals surface area (Å²) in [7, 11) is 5.20. The maximum absolute atomic E-state index is 4.77. The summed E-state index contributed by atoms with van der Waals surface area (Å²) in [6.07, 6.45) is 0. The summed E-state index contributed by atoms with van der Waals surface area (Å²) in [4.78, 5) is 0. The molecule has 0 bridgehead atoms. The van der Waals surface area contributed by atoms with Crippen LogP contribution in [0.25, 0.3) is 0 Å². The second-order valence-corrected chi connectivity index (χ2v) is 1.38. The maximum Gasteiger partial charge on any atom is 0.195 e. The standard InChI is InChI=1S/C5H12N2O/c1-5(8-4)7(3)6-2/h6H,1H2,2-4H3. The minimum Gasteiger partial charge on any atom is -0.482 e. The van der Waals surface area contributed by atoms with Crippen molar-refractivity contribution in [1.29, 1.82) is 0 Å². The molecule has 0 aliphatic rings. The SMILES string of the molecule is C=C(OC)N(C)NC. The zero-order valence-corrected chi connectivity index (χ0v) is 5.56. The van der Waals surface area contributed by atoms with Crippen LogP contribution < -0.4 is 5.43 Å². The molecule has 0 atom stereocenters. The van der Waals surface area contributed by atoms with Crippen LogP contribution in [0.5, 0.6) is 0 Å². The molecule has 0 saturated heterocycles. The fourth-order valence-corrected chi connectivity index (χ4v) is 0.262. The molecule has 0 spiro atoms. The second kappa shape index (κ2) is 3.32. The van der Waals surface area contributed by atoms with Gasteiger partial charge in [-0.2, -0.15) is 0 Å². The monoisotopic (exact) mass is 116 g/mol. The summed E-state index contributed by atoms with van der Waals surface area (Å²) in [5, 5.41) is 1.68. The van der Waals surface area contributed by atoms with Crippen molar-refractivity contribution in [3.05, 3.63) is 12.5 Å². The number of methoxy groups -OCH3 is 1. The van der Waals surface area contributed by atoms with E-state index in [-0.39, 0.29) is 0 Å². The van der Waals surface area contributed by atoms with Gasteiger partial charge in [0.1, 0.15) is 0 Å². The number of hydrazine groups is 1. The van der Waals surface area contributed by atoms with Crippen LogP contribution in [0, 0.1) is 0 Å². The molecule has 0 aromatic carbocycles. The Morgan fingerprint density at radius 3 is 2.38 bits per heavy atom. The molecule has 0 aromatic rings. The summed E-state index contributed by atoms with van der Waals surface area (Å²) in [5.41, 5.74) is 2.82. The van der Waals surface area contributed by atoms with E-state index in [2.05, 4.69) is 12.0 Å². The number of nitrogens with one attached hydrogen (secondary N) is 1. The van der Waals surface area contributed by atoms with E-state index < -0.39 is 0 Å². The number of hydrogen-bond donors (Lipinski definition) is 1. The minimum atomic E-state index is 0.604. The van der Waals surface area contributed by atoms with E-state index in [0.29, 0.717) is 5.88 Å². The fraction of sp³-hybridized carbons (Fsp3) is 0.600. The first-order valence-corrected chi connectivity index (χ1v) is 2.36. The average Bonchev–Trinajstić information content (AvgIpc) is 1.84. The van der Waals surface area contributed by atoms with Crippen molar-refractivity contribution in [2.24, 2.45) is 0 Å². The zero-order valence-electron chi connectivity index (χ0n) is 5.56. The highest BCUT2D eigenvalue weighted by molar-refractivity contribution is 4.75. The molecule has 0 fully saturated rings. The van der Waals surface area contributed by atoms with Gasteiger partial charge in [-0.15, -0.1) is 0 Å². The summed E-state index contributed by atoms with van der Waals surface area (Å²) in [5.74, 6) is 0.604. The van der Waals surface area contributed by atoms with E-state index in [4.69, 9.17) is 4.74 Å². The van der Waals surface area contributed by atoms with Crippen molar-refractivity contribution in [2.45, 2.75) is 0 Å². The molecule has 0 saturated carbocycles. The van der Waals surface area contributed by atoms with Gasteiger partial charge in [0.05, 0.1) is 7.11 Å². The molecule has 0 aliphatic carbocycles. The van der Waals surface area contributed by atoms with Gasteiger partial charge in [-0.25, -0.2) is 5.43 Å². The first-order chi connectivity index (χ1) is 3.72. The molecular weight excluding hydrogens is 104 g/mol. The molecular formula is C5H12N2O. The normalized spacial score (nSPS) is 8.38. The molecule has 0 aliphatic heterocycles. The molecule has 1 N–H and O–H groups in total. The van der Waals surface area contributed by atoms with Gasteiger partial charge in [0.25, 0.3) is 0 Å². The highest BCUT2D eigenvalue weighted by Gasteiger charge is 1.93. The van der Waals surface area contributed by atoms with Gasteiger partial charge < -0.3 is 4.74 Å². The fourth-order valence-electron chi connectivity index (χ4n) is 0.262. The molecule has 48 valence electrons. The highest BCUT2D eigenvalue weighted by atomic mass is 16.5. The first-order valence-electron chi connectivity index (χ1n) is 2.36. The Labute approximate surface area is 49.9 Å². The lowest BCUT2D eigenvalue weighted by Gasteiger charge is -2.17. The molecule has 0 heterocycles. The van der Waals surface area contributed by atoms with Crippen molar-refractivity contribution in [1.82, 2.24) is 10.4 Å². The van der Waals surface area contributed by atoms with Crippen LogP contribution in [0.3, 0.4) is 0 Å². The first kappa shape index (κ1) is 7.30. The van der Waals surface area contributed by atoms with Crippen LogP contribution in [-0.2, 0) is 4.74 Å². The topological polar surface area (TPSA) is 24.5 Å². The van der Waals surface area contributed by atoms with Crippen LogP contribution in [0.4, 0.5) is 0 Å². The lowest BCUT2D eigenvalue weighted by molar-refractivity contribution is 0.146. The molecule has 8 heavy (non-hydrogen) atoms. The van der Waals surface area contributed by atoms with Crippen LogP contribution in [0.1, 0.15) is 0 Å². The van der Waals surface area contributed by atoms with Gasteiger partial charge in [0.15, 0.2) is 5.88 Å². The van der Waals surface area contributed by atoms with Gasteiger partial charge in [-0.1, -0.05) is 0 Å². The molecule has 0 aromatic heterocycles. The Morgan fingerprint density at radius 1 is 1.75 bits per heavy atom. The minimum absolute atomic E-state index is 0.604. The molecule has 0 unspecified atom stereocenters. The maximum atomic E-state index is 4.77. The Morgan fingerprint density at radius 2 is 2.25 bits per heavy atom. The van der Waals surface area contributed by atoms with Crippen molar-refractivity contribution >= 4 is 0 Å². The molecule has 0 rings (SSSR count). The van der Waals surface area contributed by atoms with E-state index in [1.807, 2.05) is 7.05 Å². The summed E-state index contributed by atoms with van der Waals surface area (Å²) in [6.45, 7) is 3.59. The van der Waals surface area contributed by atoms with E-state index in [0.717, 1.165) is 0 Å². The smallest absolute Gasteiger partial charge is 0.195 e. The highest BCUT2D eigenvalue weighted by Crippen LogP contribution is 1.90. The molecule has 3 heteroatoms. The van der Waals surface area contributed by atoms with Crippen molar-refractivity contribution in [2.75, 3.05) is 21.2 Å². The van der Waals surface area contributed by atoms with E-state index in [9.17, 15) is 0 Å². The largest absolute Gasteiger partial charge is 0.482 e. The van der Waals surface area contributed by atoms with Gasteiger partial charge in [-0.3, -0.25) is 5.01 Å². The van der Waals surface area contributed by atoms with Crippen molar-refractivity contribution in [3.8, 4) is 0 Å². The van der Waals surface area contributed by atoms with E-state index >= 15 is 0 Å². The predicted octanol–water partition coefficient (Wildman–Crippen LogP) is 0.170. The molecule has 3 nitrogen and oxygen atoms in total. The number of nitrogens with zero attached hydrogens (tertiary/aromatic N) is 1. The Hall–Kier alpha value is -0.700. The zero-order chi connectivity index (χ0) is 6.57. The molecule has 0 radical (unpaired) electrons. The quantitative estimate of drug-likeness (QED) is 0.420. The van der Waals surface area contributed by atoms with Gasteiger partial charge in [0.2, 0.25) is 0 Å². The van der Waals surface area contributed by atoms with E-state index in [1.54, 1.807) is 19.2 Å². The number of rotatable bonds is 3. The Bertz CT molecular complexity index is 82.5. The van der Waals surface area contributed by atoms with Gasteiger partial charge in [0, 0.05) is 14.1 Å². The van der Waals surface area contributed by atoms with Gasteiger partial charge in [-0.05, 0) is 6.58 Å². The van der Waals surface area contributed by atoms with Crippen LogP contribution >= 0.6 is 0 Å². The van der Waals surface area contributed by atoms with E-state index in [1.165, 1.54) is 0 Å². The van der Waals surface area contributed by atoms with Crippen LogP contribution in [0.2, 0.25) is 0 Å². The predicted molar refractivity (Wildman–Crippen MR) is 33.0 cm³/mol. The van der Waals surface area contributed by atoms with Gasteiger partial charge >= 0.3 is 0 Å². The third kappa shape index (κ3) is 1.84.